The fourth-order valence-electron chi connectivity index (χ4n) is 2.81. The summed E-state index contributed by atoms with van der Waals surface area (Å²) in [5, 5.41) is 11.4. The van der Waals surface area contributed by atoms with Crippen molar-refractivity contribution in [1.82, 2.24) is 0 Å². The number of ether oxygens (including phenoxy) is 1. The van der Waals surface area contributed by atoms with Crippen LogP contribution in [-0.2, 0) is 9.53 Å². The number of nitrogens with zero attached hydrogens (tertiary/aromatic N) is 1. The summed E-state index contributed by atoms with van der Waals surface area (Å²) in [6.45, 7) is 2.01. The third-order valence-corrected chi connectivity index (χ3v) is 4.88. The van der Waals surface area contributed by atoms with Crippen LogP contribution in [0.15, 0.2) is 34.2 Å². The lowest BCUT2D eigenvalue weighted by Gasteiger charge is -2.30. The lowest BCUT2D eigenvalue weighted by atomic mass is 9.80. The van der Waals surface area contributed by atoms with Crippen LogP contribution in [0, 0.1) is 18.3 Å². The highest BCUT2D eigenvalue weighted by Gasteiger charge is 2.37. The number of hydrogen-bond acceptors (Lipinski definition) is 5. The van der Waals surface area contributed by atoms with Crippen LogP contribution in [0.4, 0.5) is 0 Å². The van der Waals surface area contributed by atoms with Gasteiger partial charge in [0.25, 0.3) is 0 Å². The molecule has 1 aliphatic carbocycles. The Labute approximate surface area is 121 Å². The number of Topliss-reactive ketones (excluding diaryl/α,β-unsaturated/α-hetero) is 1. The molecule has 0 radical (unpaired) electrons. The van der Waals surface area contributed by atoms with Gasteiger partial charge in [-0.1, -0.05) is 0 Å². The van der Waals surface area contributed by atoms with Gasteiger partial charge >= 0.3 is 0 Å². The third-order valence-electron chi connectivity index (χ3n) is 3.79. The molecule has 0 unspecified atom stereocenters. The number of rotatable bonds is 1. The summed E-state index contributed by atoms with van der Waals surface area (Å²) in [7, 11) is 0. The van der Waals surface area contributed by atoms with Crippen LogP contribution in [0.25, 0.3) is 0 Å². The Morgan fingerprint density at radius 2 is 2.30 bits per heavy atom. The Morgan fingerprint density at radius 3 is 2.95 bits per heavy atom. The fraction of sp³-hybridized carbons (Fsp3) is 0.333. The van der Waals surface area contributed by atoms with Gasteiger partial charge in [-0.2, -0.15) is 5.26 Å². The average Bonchev–Trinajstić information content (AvgIpc) is 2.84. The van der Waals surface area contributed by atoms with Gasteiger partial charge in [0, 0.05) is 11.3 Å². The summed E-state index contributed by atoms with van der Waals surface area (Å²) in [5.74, 6) is 0.211. The Balaban J connectivity index is 2.20. The fourth-order valence-corrected chi connectivity index (χ4v) is 3.88. The van der Waals surface area contributed by atoms with E-state index in [1.54, 1.807) is 11.3 Å². The van der Waals surface area contributed by atoms with Gasteiger partial charge in [0.1, 0.15) is 11.6 Å². The van der Waals surface area contributed by atoms with E-state index in [1.165, 1.54) is 0 Å². The van der Waals surface area contributed by atoms with Crippen molar-refractivity contribution >= 4 is 17.1 Å². The maximum Gasteiger partial charge on any atom is 0.205 e. The maximum absolute atomic E-state index is 12.0. The van der Waals surface area contributed by atoms with E-state index in [2.05, 4.69) is 6.07 Å². The van der Waals surface area contributed by atoms with Crippen molar-refractivity contribution in [2.75, 3.05) is 0 Å². The Bertz CT molecular complexity index is 691. The summed E-state index contributed by atoms with van der Waals surface area (Å²) >= 11 is 1.59. The molecule has 0 aromatic carbocycles. The number of carbonyl (C=O) groups is 1. The van der Waals surface area contributed by atoms with Crippen LogP contribution in [0.3, 0.4) is 0 Å². The standard InChI is InChI=1S/C15H14N2O2S/c1-8-5-6-20-14(8)12-9-3-2-4-11(18)13(9)19-15(17)10(12)7-16/h5-6,12H,2-4,17H2,1H3/t12-/m1/s1. The van der Waals surface area contributed by atoms with Crippen LogP contribution < -0.4 is 5.73 Å². The molecule has 5 heteroatoms. The molecule has 1 atom stereocenters. The van der Waals surface area contributed by atoms with E-state index < -0.39 is 0 Å². The molecule has 20 heavy (non-hydrogen) atoms. The first-order valence-electron chi connectivity index (χ1n) is 6.51. The Kier molecular flexibility index (Phi) is 3.11. The average molecular weight is 286 g/mol. The minimum Gasteiger partial charge on any atom is -0.437 e. The third kappa shape index (κ3) is 1.84. The SMILES string of the molecule is Cc1ccsc1[C@H]1C(C#N)=C(N)OC2=C1CCCC2=O. The van der Waals surface area contributed by atoms with Crippen LogP contribution in [0.1, 0.15) is 35.6 Å². The quantitative estimate of drug-likeness (QED) is 0.861. The molecular weight excluding hydrogens is 272 g/mol. The van der Waals surface area contributed by atoms with Crippen LogP contribution >= 0.6 is 11.3 Å². The smallest absolute Gasteiger partial charge is 0.205 e. The zero-order chi connectivity index (χ0) is 14.3. The molecule has 4 nitrogen and oxygen atoms in total. The van der Waals surface area contributed by atoms with Crippen molar-refractivity contribution in [3.63, 3.8) is 0 Å². The summed E-state index contributed by atoms with van der Waals surface area (Å²) in [6.07, 6.45) is 2.08. The normalized spacial score (nSPS) is 22.4. The molecule has 0 fully saturated rings. The second-order valence-electron chi connectivity index (χ2n) is 5.02. The van der Waals surface area contributed by atoms with Gasteiger partial charge in [-0.15, -0.1) is 11.3 Å². The van der Waals surface area contributed by atoms with Gasteiger partial charge in [0.05, 0.1) is 5.92 Å². The van der Waals surface area contributed by atoms with E-state index in [0.29, 0.717) is 17.8 Å². The molecule has 2 heterocycles. The minimum atomic E-state index is -0.215. The van der Waals surface area contributed by atoms with E-state index in [-0.39, 0.29) is 17.6 Å². The second-order valence-corrected chi connectivity index (χ2v) is 5.97. The molecule has 2 N–H and O–H groups in total. The number of allylic oxidation sites excluding steroid dienone is 3. The van der Waals surface area contributed by atoms with Crippen molar-refractivity contribution in [3.8, 4) is 6.07 Å². The molecule has 1 aromatic heterocycles. The Morgan fingerprint density at radius 1 is 1.50 bits per heavy atom. The van der Waals surface area contributed by atoms with Crippen molar-refractivity contribution < 1.29 is 9.53 Å². The summed E-state index contributed by atoms with van der Waals surface area (Å²) in [5.41, 5.74) is 8.31. The highest BCUT2D eigenvalue weighted by atomic mass is 32.1. The number of aryl methyl sites for hydroxylation is 1. The van der Waals surface area contributed by atoms with Gasteiger partial charge in [0.2, 0.25) is 5.88 Å². The summed E-state index contributed by atoms with van der Waals surface area (Å²) < 4.78 is 5.44. The van der Waals surface area contributed by atoms with E-state index in [1.807, 2.05) is 18.4 Å². The van der Waals surface area contributed by atoms with E-state index >= 15 is 0 Å². The topological polar surface area (TPSA) is 76.1 Å². The van der Waals surface area contributed by atoms with Crippen LogP contribution in [0.2, 0.25) is 0 Å². The van der Waals surface area contributed by atoms with Gasteiger partial charge in [-0.05, 0) is 42.3 Å². The highest BCUT2D eigenvalue weighted by Crippen LogP contribution is 2.45. The largest absolute Gasteiger partial charge is 0.437 e. The molecule has 3 rings (SSSR count). The van der Waals surface area contributed by atoms with Gasteiger partial charge in [-0.25, -0.2) is 0 Å². The zero-order valence-corrected chi connectivity index (χ0v) is 11.9. The van der Waals surface area contributed by atoms with Gasteiger partial charge < -0.3 is 10.5 Å². The van der Waals surface area contributed by atoms with Crippen LogP contribution in [0.5, 0.6) is 0 Å². The first-order chi connectivity index (χ1) is 9.63. The molecule has 0 saturated heterocycles. The van der Waals surface area contributed by atoms with Gasteiger partial charge in [-0.3, -0.25) is 4.79 Å². The molecule has 2 aliphatic rings. The first-order valence-corrected chi connectivity index (χ1v) is 7.39. The van der Waals surface area contributed by atoms with E-state index in [4.69, 9.17) is 10.5 Å². The summed E-state index contributed by atoms with van der Waals surface area (Å²) in [4.78, 5) is 13.1. The lowest BCUT2D eigenvalue weighted by molar-refractivity contribution is -0.119. The van der Waals surface area contributed by atoms with Crippen molar-refractivity contribution in [1.29, 1.82) is 5.26 Å². The van der Waals surface area contributed by atoms with E-state index in [9.17, 15) is 10.1 Å². The lowest BCUT2D eigenvalue weighted by Crippen LogP contribution is -2.26. The second kappa shape index (κ2) is 4.80. The molecule has 1 aliphatic heterocycles. The number of thiophene rings is 1. The molecule has 102 valence electrons. The molecule has 0 spiro atoms. The van der Waals surface area contributed by atoms with Gasteiger partial charge in [0.15, 0.2) is 11.5 Å². The van der Waals surface area contributed by atoms with Crippen molar-refractivity contribution in [2.45, 2.75) is 32.1 Å². The molecular formula is C15H14N2O2S. The number of ketones is 1. The maximum atomic E-state index is 12.0. The first kappa shape index (κ1) is 12.9. The number of nitrogens with two attached hydrogens (primary N) is 1. The van der Waals surface area contributed by atoms with Crippen LogP contribution in [-0.4, -0.2) is 5.78 Å². The zero-order valence-electron chi connectivity index (χ0n) is 11.1. The summed E-state index contributed by atoms with van der Waals surface area (Å²) in [6, 6.07) is 4.18. The monoisotopic (exact) mass is 286 g/mol. The molecule has 1 aromatic rings. The number of nitriles is 1. The highest BCUT2D eigenvalue weighted by molar-refractivity contribution is 7.10. The van der Waals surface area contributed by atoms with Crippen molar-refractivity contribution in [3.05, 3.63) is 44.7 Å². The predicted molar refractivity (Wildman–Crippen MR) is 75.6 cm³/mol. The predicted octanol–water partition coefficient (Wildman–Crippen LogP) is 2.87. The van der Waals surface area contributed by atoms with Crippen molar-refractivity contribution in [2.24, 2.45) is 5.73 Å². The molecule has 0 bridgehead atoms. The molecule has 0 amide bonds. The number of hydrogen-bond donors (Lipinski definition) is 1. The minimum absolute atomic E-state index is 0.00889. The Hall–Kier alpha value is -2.06. The van der Waals surface area contributed by atoms with E-state index in [0.717, 1.165) is 28.9 Å². The molecule has 0 saturated carbocycles. The number of carbonyl (C=O) groups excluding carboxylic acids is 1.